The van der Waals surface area contributed by atoms with E-state index in [-0.39, 0.29) is 5.82 Å². The van der Waals surface area contributed by atoms with Crippen LogP contribution in [-0.2, 0) is 0 Å². The summed E-state index contributed by atoms with van der Waals surface area (Å²) in [6, 6.07) is 14.2. The molecule has 0 spiro atoms. The van der Waals surface area contributed by atoms with Gasteiger partial charge in [0.2, 0.25) is 0 Å². The molecule has 0 aliphatic heterocycles. The molecule has 0 aromatic heterocycles. The highest BCUT2D eigenvalue weighted by atomic mass is 19.1. The van der Waals surface area contributed by atoms with E-state index in [9.17, 15) is 4.39 Å². The Labute approximate surface area is 171 Å². The standard InChI is InChI=1S/C27H37F/c1-3-4-5-6-7-8-9-22-11-13-23(14-12-22)24-15-17-25(18-16-24)26-19-10-21(2)20-27(26)28/h10,15-20,22-23H,3-9,11-14H2,1-2H3/t22-,23-. The number of unbranched alkanes of at least 4 members (excludes halogenated alkanes) is 5. The van der Waals surface area contributed by atoms with Crippen molar-refractivity contribution in [2.75, 3.05) is 0 Å². The van der Waals surface area contributed by atoms with Crippen molar-refractivity contribution >= 4 is 0 Å². The summed E-state index contributed by atoms with van der Waals surface area (Å²) in [7, 11) is 0. The topological polar surface area (TPSA) is 0 Å². The van der Waals surface area contributed by atoms with Gasteiger partial charge in [-0.1, -0.05) is 88.3 Å². The van der Waals surface area contributed by atoms with Crippen LogP contribution < -0.4 is 0 Å². The molecule has 0 amide bonds. The van der Waals surface area contributed by atoms with Crippen LogP contribution in [0.25, 0.3) is 11.1 Å². The zero-order valence-corrected chi connectivity index (χ0v) is 17.9. The van der Waals surface area contributed by atoms with E-state index in [1.807, 2.05) is 19.1 Å². The number of rotatable bonds is 9. The van der Waals surface area contributed by atoms with Gasteiger partial charge >= 0.3 is 0 Å². The van der Waals surface area contributed by atoms with E-state index < -0.39 is 0 Å². The molecule has 2 aromatic rings. The molecule has 1 saturated carbocycles. The van der Waals surface area contributed by atoms with Crippen molar-refractivity contribution in [1.29, 1.82) is 0 Å². The maximum Gasteiger partial charge on any atom is 0.131 e. The van der Waals surface area contributed by atoms with E-state index in [0.29, 0.717) is 11.5 Å². The molecule has 0 saturated heterocycles. The Bertz CT molecular complexity index is 708. The van der Waals surface area contributed by atoms with E-state index in [2.05, 4.69) is 31.2 Å². The highest BCUT2D eigenvalue weighted by molar-refractivity contribution is 5.64. The summed E-state index contributed by atoms with van der Waals surface area (Å²) >= 11 is 0. The summed E-state index contributed by atoms with van der Waals surface area (Å²) in [5.41, 5.74) is 4.10. The number of hydrogen-bond donors (Lipinski definition) is 0. The van der Waals surface area contributed by atoms with Crippen molar-refractivity contribution < 1.29 is 4.39 Å². The Morgan fingerprint density at radius 2 is 1.50 bits per heavy atom. The van der Waals surface area contributed by atoms with Crippen molar-refractivity contribution in [3.8, 4) is 11.1 Å². The van der Waals surface area contributed by atoms with Crippen molar-refractivity contribution in [1.82, 2.24) is 0 Å². The first-order chi connectivity index (χ1) is 13.7. The molecule has 152 valence electrons. The van der Waals surface area contributed by atoms with Crippen LogP contribution >= 0.6 is 0 Å². The second-order valence-corrected chi connectivity index (χ2v) is 8.88. The summed E-state index contributed by atoms with van der Waals surface area (Å²) in [4.78, 5) is 0. The maximum absolute atomic E-state index is 14.2. The normalized spacial score (nSPS) is 19.7. The van der Waals surface area contributed by atoms with Gasteiger partial charge in [-0.15, -0.1) is 0 Å². The van der Waals surface area contributed by atoms with Crippen LogP contribution in [0.15, 0.2) is 42.5 Å². The first-order valence-corrected chi connectivity index (χ1v) is 11.5. The lowest BCUT2D eigenvalue weighted by atomic mass is 9.77. The van der Waals surface area contributed by atoms with Gasteiger partial charge in [-0.2, -0.15) is 0 Å². The fourth-order valence-corrected chi connectivity index (χ4v) is 4.79. The summed E-state index contributed by atoms with van der Waals surface area (Å²) in [6.07, 6.45) is 15.3. The molecule has 0 bridgehead atoms. The highest BCUT2D eigenvalue weighted by Crippen LogP contribution is 2.38. The van der Waals surface area contributed by atoms with Gasteiger partial charge in [0.15, 0.2) is 0 Å². The van der Waals surface area contributed by atoms with Gasteiger partial charge in [-0.05, 0) is 67.2 Å². The van der Waals surface area contributed by atoms with Crippen LogP contribution in [0.3, 0.4) is 0 Å². The average molecular weight is 381 g/mol. The summed E-state index contributed by atoms with van der Waals surface area (Å²) in [5, 5.41) is 0. The van der Waals surface area contributed by atoms with Gasteiger partial charge in [0.05, 0.1) is 0 Å². The molecule has 1 aliphatic carbocycles. The lowest BCUT2D eigenvalue weighted by Gasteiger charge is -2.29. The van der Waals surface area contributed by atoms with Gasteiger partial charge < -0.3 is 0 Å². The molecule has 1 fully saturated rings. The fourth-order valence-electron chi connectivity index (χ4n) is 4.79. The van der Waals surface area contributed by atoms with E-state index in [4.69, 9.17) is 0 Å². The minimum atomic E-state index is -0.122. The average Bonchev–Trinajstić information content (AvgIpc) is 2.71. The van der Waals surface area contributed by atoms with E-state index in [1.54, 1.807) is 6.07 Å². The number of benzene rings is 2. The minimum absolute atomic E-state index is 0.122. The lowest BCUT2D eigenvalue weighted by molar-refractivity contribution is 0.302. The molecular weight excluding hydrogens is 343 g/mol. The van der Waals surface area contributed by atoms with Crippen molar-refractivity contribution in [2.45, 2.75) is 90.4 Å². The van der Waals surface area contributed by atoms with Gasteiger partial charge in [0.1, 0.15) is 5.82 Å². The smallest absolute Gasteiger partial charge is 0.131 e. The predicted molar refractivity (Wildman–Crippen MR) is 119 cm³/mol. The van der Waals surface area contributed by atoms with Gasteiger partial charge in [-0.25, -0.2) is 4.39 Å². The van der Waals surface area contributed by atoms with Crippen LogP contribution in [0, 0.1) is 18.7 Å². The molecule has 0 heterocycles. The summed E-state index contributed by atoms with van der Waals surface area (Å²) < 4.78 is 14.2. The molecule has 3 rings (SSSR count). The minimum Gasteiger partial charge on any atom is -0.206 e. The fraction of sp³-hybridized carbons (Fsp3) is 0.556. The van der Waals surface area contributed by atoms with E-state index in [0.717, 1.165) is 17.0 Å². The van der Waals surface area contributed by atoms with Crippen molar-refractivity contribution in [2.24, 2.45) is 5.92 Å². The molecule has 1 aliphatic rings. The van der Waals surface area contributed by atoms with Crippen LogP contribution in [-0.4, -0.2) is 0 Å². The molecule has 1 heteroatoms. The molecule has 0 atom stereocenters. The molecule has 28 heavy (non-hydrogen) atoms. The molecule has 0 radical (unpaired) electrons. The predicted octanol–water partition coefficient (Wildman–Crippen LogP) is 8.83. The maximum atomic E-state index is 14.2. The lowest BCUT2D eigenvalue weighted by Crippen LogP contribution is -2.13. The Kier molecular flexibility index (Phi) is 8.13. The molecule has 0 unspecified atom stereocenters. The van der Waals surface area contributed by atoms with E-state index in [1.165, 1.54) is 76.2 Å². The molecule has 0 nitrogen and oxygen atoms in total. The first-order valence-electron chi connectivity index (χ1n) is 11.5. The number of halogens is 1. The zero-order valence-electron chi connectivity index (χ0n) is 17.9. The number of aryl methyl sites for hydroxylation is 1. The van der Waals surface area contributed by atoms with Crippen LogP contribution in [0.2, 0.25) is 0 Å². The molecule has 2 aromatic carbocycles. The first kappa shape index (κ1) is 21.1. The Balaban J connectivity index is 1.46. The van der Waals surface area contributed by atoms with Crippen molar-refractivity contribution in [3.05, 3.63) is 59.4 Å². The third kappa shape index (κ3) is 5.93. The van der Waals surface area contributed by atoms with Crippen LogP contribution in [0.4, 0.5) is 4.39 Å². The molecule has 0 N–H and O–H groups in total. The molecular formula is C27H37F. The Morgan fingerprint density at radius 1 is 0.821 bits per heavy atom. The van der Waals surface area contributed by atoms with Crippen LogP contribution in [0.1, 0.15) is 94.6 Å². The zero-order chi connectivity index (χ0) is 19.8. The Morgan fingerprint density at radius 3 is 2.18 bits per heavy atom. The van der Waals surface area contributed by atoms with E-state index >= 15 is 0 Å². The van der Waals surface area contributed by atoms with Gasteiger partial charge in [0.25, 0.3) is 0 Å². The van der Waals surface area contributed by atoms with Crippen LogP contribution in [0.5, 0.6) is 0 Å². The second-order valence-electron chi connectivity index (χ2n) is 8.88. The van der Waals surface area contributed by atoms with Crippen molar-refractivity contribution in [3.63, 3.8) is 0 Å². The highest BCUT2D eigenvalue weighted by Gasteiger charge is 2.22. The van der Waals surface area contributed by atoms with Gasteiger partial charge in [0, 0.05) is 5.56 Å². The monoisotopic (exact) mass is 380 g/mol. The second kappa shape index (κ2) is 10.8. The largest absolute Gasteiger partial charge is 0.206 e. The summed E-state index contributed by atoms with van der Waals surface area (Å²) in [6.45, 7) is 4.21. The third-order valence-corrected chi connectivity index (χ3v) is 6.63. The SMILES string of the molecule is CCCCCCCC[C@H]1CC[C@H](c2ccc(-c3ccc(C)cc3F)cc2)CC1. The Hall–Kier alpha value is -1.63. The third-order valence-electron chi connectivity index (χ3n) is 6.63. The quantitative estimate of drug-likeness (QED) is 0.381. The number of hydrogen-bond acceptors (Lipinski definition) is 0. The summed E-state index contributed by atoms with van der Waals surface area (Å²) in [5.74, 6) is 1.52. The van der Waals surface area contributed by atoms with Gasteiger partial charge in [-0.3, -0.25) is 0 Å².